The van der Waals surface area contributed by atoms with E-state index < -0.39 is 23.0 Å². The van der Waals surface area contributed by atoms with Gasteiger partial charge in [0, 0.05) is 5.69 Å². The van der Waals surface area contributed by atoms with Crippen molar-refractivity contribution in [3.05, 3.63) is 66.1 Å². The fourth-order valence-corrected chi connectivity index (χ4v) is 2.92. The van der Waals surface area contributed by atoms with E-state index in [9.17, 15) is 13.6 Å². The average Bonchev–Trinajstić information content (AvgIpc) is 3.12. The number of nitrogens with one attached hydrogen (secondary N) is 1. The van der Waals surface area contributed by atoms with Gasteiger partial charge in [-0.1, -0.05) is 30.0 Å². The van der Waals surface area contributed by atoms with Crippen LogP contribution >= 0.6 is 11.8 Å². The minimum atomic E-state index is -0.671. The summed E-state index contributed by atoms with van der Waals surface area (Å²) in [7, 11) is 0. The second-order valence-electron chi connectivity index (χ2n) is 5.86. The summed E-state index contributed by atoms with van der Waals surface area (Å²) in [4.78, 5) is 12.2. The van der Waals surface area contributed by atoms with Gasteiger partial charge in [0.2, 0.25) is 5.91 Å². The normalized spacial score (nSPS) is 13.0. The van der Waals surface area contributed by atoms with Gasteiger partial charge in [-0.05, 0) is 44.2 Å². The number of rotatable bonds is 7. The van der Waals surface area contributed by atoms with Crippen LogP contribution in [-0.2, 0) is 4.79 Å². The smallest absolute Gasteiger partial charge is 0.277 e. The number of anilines is 1. The molecule has 28 heavy (non-hydrogen) atoms. The quantitative estimate of drug-likeness (QED) is 0.579. The van der Waals surface area contributed by atoms with E-state index in [0.717, 1.165) is 11.8 Å². The number of nitrogens with zero attached hydrogens (tertiary/aromatic N) is 2. The molecule has 2 atom stereocenters. The van der Waals surface area contributed by atoms with Gasteiger partial charge in [0.15, 0.2) is 17.7 Å². The van der Waals surface area contributed by atoms with Gasteiger partial charge in [-0.25, -0.2) is 8.78 Å². The summed E-state index contributed by atoms with van der Waals surface area (Å²) in [6.07, 6.45) is -0.671. The highest BCUT2D eigenvalue weighted by Gasteiger charge is 2.21. The van der Waals surface area contributed by atoms with E-state index in [2.05, 4.69) is 15.5 Å². The van der Waals surface area contributed by atoms with Crippen LogP contribution in [0.2, 0.25) is 0 Å². The molecule has 3 aromatic rings. The Morgan fingerprint density at radius 3 is 2.68 bits per heavy atom. The first-order valence-corrected chi connectivity index (χ1v) is 9.28. The third-order valence-electron chi connectivity index (χ3n) is 3.65. The monoisotopic (exact) mass is 405 g/mol. The van der Waals surface area contributed by atoms with Crippen LogP contribution < -0.4 is 10.1 Å². The second kappa shape index (κ2) is 8.83. The maximum absolute atomic E-state index is 13.7. The average molecular weight is 405 g/mol. The minimum absolute atomic E-state index is 0.0743. The van der Waals surface area contributed by atoms with Gasteiger partial charge < -0.3 is 14.5 Å². The molecule has 2 aromatic carbocycles. The van der Waals surface area contributed by atoms with E-state index in [1.54, 1.807) is 32.0 Å². The summed E-state index contributed by atoms with van der Waals surface area (Å²) in [5.41, 5.74) is 0.357. The van der Waals surface area contributed by atoms with E-state index in [-0.39, 0.29) is 22.8 Å². The molecular weight excluding hydrogens is 388 g/mol. The lowest BCUT2D eigenvalue weighted by Gasteiger charge is -2.11. The Morgan fingerprint density at radius 2 is 1.93 bits per heavy atom. The summed E-state index contributed by atoms with van der Waals surface area (Å²) < 4.78 is 37.9. The van der Waals surface area contributed by atoms with Gasteiger partial charge in [0.05, 0.1) is 5.25 Å². The van der Waals surface area contributed by atoms with E-state index in [1.807, 2.05) is 0 Å². The molecule has 6 nitrogen and oxygen atoms in total. The van der Waals surface area contributed by atoms with Crippen molar-refractivity contribution in [3.8, 4) is 5.75 Å². The summed E-state index contributed by atoms with van der Waals surface area (Å²) in [5.74, 6) is -1.05. The molecule has 0 bridgehead atoms. The lowest BCUT2D eigenvalue weighted by Crippen LogP contribution is -2.22. The Labute approximate surface area is 164 Å². The molecule has 1 aromatic heterocycles. The van der Waals surface area contributed by atoms with Crippen LogP contribution in [0.1, 0.15) is 25.8 Å². The summed E-state index contributed by atoms with van der Waals surface area (Å²) in [5, 5.41) is 9.97. The van der Waals surface area contributed by atoms with Crippen molar-refractivity contribution < 1.29 is 22.7 Å². The van der Waals surface area contributed by atoms with Crippen LogP contribution in [0.15, 0.2) is 58.2 Å². The number of amides is 1. The molecule has 3 rings (SSSR count). The van der Waals surface area contributed by atoms with Gasteiger partial charge in [0.25, 0.3) is 11.1 Å². The number of benzene rings is 2. The first-order valence-electron chi connectivity index (χ1n) is 8.40. The Balaban J connectivity index is 1.59. The third kappa shape index (κ3) is 5.07. The molecule has 1 heterocycles. The van der Waals surface area contributed by atoms with Gasteiger partial charge in [-0.2, -0.15) is 0 Å². The van der Waals surface area contributed by atoms with Crippen LogP contribution in [0.5, 0.6) is 5.75 Å². The highest BCUT2D eigenvalue weighted by molar-refractivity contribution is 8.00. The molecule has 0 saturated carbocycles. The molecule has 0 aliphatic heterocycles. The first kappa shape index (κ1) is 19.8. The van der Waals surface area contributed by atoms with Crippen LogP contribution in [0, 0.1) is 11.6 Å². The fourth-order valence-electron chi connectivity index (χ4n) is 2.23. The zero-order valence-corrected chi connectivity index (χ0v) is 15.9. The lowest BCUT2D eigenvalue weighted by atomic mass is 10.3. The highest BCUT2D eigenvalue weighted by atomic mass is 32.2. The third-order valence-corrected chi connectivity index (χ3v) is 4.58. The highest BCUT2D eigenvalue weighted by Crippen LogP contribution is 2.27. The van der Waals surface area contributed by atoms with Gasteiger partial charge in [-0.3, -0.25) is 4.79 Å². The molecule has 0 aliphatic rings. The van der Waals surface area contributed by atoms with Crippen molar-refractivity contribution in [2.24, 2.45) is 0 Å². The van der Waals surface area contributed by atoms with E-state index >= 15 is 0 Å². The van der Waals surface area contributed by atoms with Crippen LogP contribution in [-0.4, -0.2) is 21.4 Å². The number of aromatic nitrogens is 2. The Morgan fingerprint density at radius 1 is 1.14 bits per heavy atom. The molecule has 0 unspecified atom stereocenters. The molecule has 0 fully saturated rings. The van der Waals surface area contributed by atoms with Gasteiger partial charge in [0.1, 0.15) is 5.82 Å². The Bertz CT molecular complexity index is 967. The number of para-hydroxylation sites is 1. The van der Waals surface area contributed by atoms with E-state index in [4.69, 9.17) is 9.15 Å². The van der Waals surface area contributed by atoms with Crippen molar-refractivity contribution in [3.63, 3.8) is 0 Å². The zero-order valence-electron chi connectivity index (χ0n) is 15.1. The predicted molar refractivity (Wildman–Crippen MR) is 100 cm³/mol. The SMILES string of the molecule is C[C@@H](Sc1nnc([C@@H](C)Oc2ccccc2F)o1)C(=O)Nc1cccc(F)c1. The molecular formula is C19H17F2N3O3S. The number of hydrogen-bond acceptors (Lipinski definition) is 6. The summed E-state index contributed by atoms with van der Waals surface area (Å²) in [6.45, 7) is 3.30. The number of ether oxygens (including phenoxy) is 1. The number of hydrogen-bond donors (Lipinski definition) is 1. The summed E-state index contributed by atoms with van der Waals surface area (Å²) >= 11 is 1.05. The topological polar surface area (TPSA) is 77.2 Å². The van der Waals surface area contributed by atoms with Gasteiger partial charge in [-0.15, -0.1) is 10.2 Å². The second-order valence-corrected chi connectivity index (χ2v) is 7.15. The van der Waals surface area contributed by atoms with E-state index in [0.29, 0.717) is 5.69 Å². The van der Waals surface area contributed by atoms with Crippen molar-refractivity contribution >= 4 is 23.4 Å². The molecule has 0 radical (unpaired) electrons. The number of thioether (sulfide) groups is 1. The zero-order chi connectivity index (χ0) is 20.1. The molecule has 0 aliphatic carbocycles. The van der Waals surface area contributed by atoms with Gasteiger partial charge >= 0.3 is 0 Å². The Kier molecular flexibility index (Phi) is 6.25. The molecule has 1 N–H and O–H groups in total. The maximum Gasteiger partial charge on any atom is 0.277 e. The standard InChI is InChI=1S/C19H17F2N3O3S/c1-11(26-16-9-4-3-8-15(16)21)18-23-24-19(27-18)28-12(2)17(25)22-14-7-5-6-13(20)10-14/h3-12H,1-2H3,(H,22,25)/t11-,12-/m1/s1. The van der Waals surface area contributed by atoms with Crippen molar-refractivity contribution in [2.45, 2.75) is 30.4 Å². The number of halogens is 2. The Hall–Kier alpha value is -2.94. The fraction of sp³-hybridized carbons (Fsp3) is 0.211. The minimum Gasteiger partial charge on any atom is -0.478 e. The van der Waals surface area contributed by atoms with Crippen LogP contribution in [0.4, 0.5) is 14.5 Å². The largest absolute Gasteiger partial charge is 0.478 e. The van der Waals surface area contributed by atoms with Crippen molar-refractivity contribution in [1.29, 1.82) is 0 Å². The number of carbonyl (C=O) groups excluding carboxylic acids is 1. The first-order chi connectivity index (χ1) is 13.4. The van der Waals surface area contributed by atoms with Crippen LogP contribution in [0.3, 0.4) is 0 Å². The molecule has 9 heteroatoms. The number of carbonyl (C=O) groups is 1. The van der Waals surface area contributed by atoms with Crippen molar-refractivity contribution in [1.82, 2.24) is 10.2 Å². The molecule has 1 amide bonds. The molecule has 0 saturated heterocycles. The van der Waals surface area contributed by atoms with Crippen LogP contribution in [0.25, 0.3) is 0 Å². The summed E-state index contributed by atoms with van der Waals surface area (Å²) in [6, 6.07) is 11.6. The molecule has 146 valence electrons. The lowest BCUT2D eigenvalue weighted by molar-refractivity contribution is -0.115. The van der Waals surface area contributed by atoms with Crippen molar-refractivity contribution in [2.75, 3.05) is 5.32 Å². The predicted octanol–water partition coefficient (Wildman–Crippen LogP) is 4.61. The van der Waals surface area contributed by atoms with E-state index in [1.165, 1.54) is 30.3 Å². The molecule has 0 spiro atoms. The maximum atomic E-state index is 13.7.